The molecule has 0 spiro atoms. The van der Waals surface area contributed by atoms with Crippen LogP contribution in [0.5, 0.6) is 0 Å². The molecule has 2 heterocycles. The second-order valence-electron chi connectivity index (χ2n) is 6.35. The lowest BCUT2D eigenvalue weighted by Gasteiger charge is -2.35. The molecule has 1 aliphatic rings. The molecule has 1 amide bonds. The molecule has 0 aliphatic carbocycles. The van der Waals surface area contributed by atoms with Gasteiger partial charge in [0.05, 0.1) is 10.9 Å². The highest BCUT2D eigenvalue weighted by Crippen LogP contribution is 2.29. The molecule has 1 aliphatic heterocycles. The van der Waals surface area contributed by atoms with Gasteiger partial charge in [-0.25, -0.2) is 4.68 Å². The number of aryl methyl sites for hydroxylation is 1. The van der Waals surface area contributed by atoms with Crippen LogP contribution in [0.4, 0.5) is 0 Å². The molecule has 1 saturated heterocycles. The summed E-state index contributed by atoms with van der Waals surface area (Å²) in [5, 5.41) is 4.49. The number of nitrogens with zero attached hydrogens (tertiary/aromatic N) is 4. The van der Waals surface area contributed by atoms with Gasteiger partial charge in [0.1, 0.15) is 0 Å². The van der Waals surface area contributed by atoms with E-state index in [0.717, 1.165) is 48.3 Å². The first-order valence-electron chi connectivity index (χ1n) is 8.83. The molecular weight excluding hydrogens is 384 g/mol. The van der Waals surface area contributed by atoms with Crippen molar-refractivity contribution in [3.05, 3.63) is 33.8 Å². The Morgan fingerprint density at radius 3 is 2.65 bits per heavy atom. The fraction of sp³-hybridized carbons (Fsp3) is 0.500. The molecular formula is C18H24N4OS3. The summed E-state index contributed by atoms with van der Waals surface area (Å²) in [6.45, 7) is 10.8. The van der Waals surface area contributed by atoms with Crippen LogP contribution < -0.4 is 0 Å². The number of para-hydroxylation sites is 1. The third-order valence-electron chi connectivity index (χ3n) is 4.63. The molecule has 0 N–H and O–H groups in total. The first kappa shape index (κ1) is 19.5. The lowest BCUT2D eigenvalue weighted by molar-refractivity contribution is -0.132. The smallest absolute Gasteiger partial charge is 0.235 e. The Balaban J connectivity index is 1.68. The maximum absolute atomic E-state index is 12.7. The topological polar surface area (TPSA) is 41.4 Å². The molecule has 1 atom stereocenters. The Labute approximate surface area is 168 Å². The molecule has 5 nitrogen and oxygen atoms in total. The van der Waals surface area contributed by atoms with Crippen molar-refractivity contribution in [3.8, 4) is 5.69 Å². The number of aromatic nitrogens is 2. The van der Waals surface area contributed by atoms with Crippen molar-refractivity contribution < 1.29 is 4.79 Å². The van der Waals surface area contributed by atoms with Gasteiger partial charge in [-0.3, -0.25) is 4.79 Å². The van der Waals surface area contributed by atoms with Crippen molar-refractivity contribution in [3.63, 3.8) is 0 Å². The number of hydrogen-bond acceptors (Lipinski definition) is 6. The van der Waals surface area contributed by atoms with E-state index in [1.807, 2.05) is 43.0 Å². The molecule has 1 aromatic heterocycles. The van der Waals surface area contributed by atoms with Crippen molar-refractivity contribution in [1.29, 1.82) is 0 Å². The molecule has 26 heavy (non-hydrogen) atoms. The molecule has 1 fully saturated rings. The number of likely N-dealkylation sites (N-methyl/N-ethyl adjacent to an activating group) is 1. The van der Waals surface area contributed by atoms with Crippen LogP contribution >= 0.6 is 35.3 Å². The molecule has 0 saturated carbocycles. The van der Waals surface area contributed by atoms with E-state index in [0.29, 0.717) is 3.95 Å². The first-order chi connectivity index (χ1) is 12.5. The summed E-state index contributed by atoms with van der Waals surface area (Å²) < 4.78 is 3.35. The van der Waals surface area contributed by atoms with Gasteiger partial charge in [-0.2, -0.15) is 0 Å². The minimum atomic E-state index is -0.158. The number of carbonyl (C=O) groups is 1. The normalized spacial score (nSPS) is 16.7. The summed E-state index contributed by atoms with van der Waals surface area (Å²) >= 11 is 8.46. The van der Waals surface area contributed by atoms with Gasteiger partial charge in [0.25, 0.3) is 0 Å². The van der Waals surface area contributed by atoms with Crippen molar-refractivity contribution in [1.82, 2.24) is 19.6 Å². The summed E-state index contributed by atoms with van der Waals surface area (Å²) in [4.78, 5) is 17.1. The van der Waals surface area contributed by atoms with Crippen LogP contribution in [0.1, 0.15) is 19.4 Å². The minimum Gasteiger partial charge on any atom is -0.339 e. The monoisotopic (exact) mass is 408 g/mol. The predicted octanol–water partition coefficient (Wildman–Crippen LogP) is 3.62. The lowest BCUT2D eigenvalue weighted by atomic mass is 10.2. The Morgan fingerprint density at radius 1 is 1.31 bits per heavy atom. The van der Waals surface area contributed by atoms with Gasteiger partial charge in [-0.05, 0) is 44.2 Å². The third-order valence-corrected chi connectivity index (χ3v) is 7.03. The number of rotatable bonds is 5. The summed E-state index contributed by atoms with van der Waals surface area (Å²) in [6, 6.07) is 8.05. The van der Waals surface area contributed by atoms with Crippen molar-refractivity contribution in [2.75, 3.05) is 32.7 Å². The Bertz CT molecular complexity index is 824. The zero-order valence-corrected chi connectivity index (χ0v) is 17.8. The summed E-state index contributed by atoms with van der Waals surface area (Å²) in [5.74, 6) is 0.189. The summed E-state index contributed by atoms with van der Waals surface area (Å²) in [7, 11) is 0. The fourth-order valence-electron chi connectivity index (χ4n) is 3.00. The Morgan fingerprint density at radius 2 is 2.00 bits per heavy atom. The number of carbonyl (C=O) groups excluding carboxylic acids is 1. The molecule has 8 heteroatoms. The first-order valence-corrected chi connectivity index (χ1v) is 10.9. The van der Waals surface area contributed by atoms with Crippen LogP contribution in [-0.2, 0) is 4.79 Å². The van der Waals surface area contributed by atoms with Gasteiger partial charge in [0.15, 0.2) is 8.29 Å². The van der Waals surface area contributed by atoms with Crippen LogP contribution in [0.3, 0.4) is 0 Å². The quantitative estimate of drug-likeness (QED) is 0.558. The van der Waals surface area contributed by atoms with Crippen molar-refractivity contribution >= 4 is 41.2 Å². The summed E-state index contributed by atoms with van der Waals surface area (Å²) in [6.07, 6.45) is 0. The van der Waals surface area contributed by atoms with Crippen molar-refractivity contribution in [2.45, 2.75) is 30.4 Å². The van der Waals surface area contributed by atoms with Gasteiger partial charge in [-0.1, -0.05) is 48.2 Å². The van der Waals surface area contributed by atoms with E-state index >= 15 is 0 Å². The standard InChI is InChI=1S/C18H24N4OS3/c1-4-20-9-11-21(12-10-20)16(23)14(3)25-17-19-22(18(24)26-17)15-8-6-5-7-13(15)2/h5-8,14H,4,9-12H2,1-3H3/t14-/m0/s1. The van der Waals surface area contributed by atoms with E-state index in [4.69, 9.17) is 12.2 Å². The highest BCUT2D eigenvalue weighted by Gasteiger charge is 2.26. The van der Waals surface area contributed by atoms with E-state index < -0.39 is 0 Å². The van der Waals surface area contributed by atoms with Crippen LogP contribution in [0, 0.1) is 10.9 Å². The highest BCUT2D eigenvalue weighted by atomic mass is 32.2. The molecule has 1 aromatic carbocycles. The maximum Gasteiger partial charge on any atom is 0.235 e. The Hall–Kier alpha value is -1.22. The SMILES string of the molecule is CCN1CCN(C(=O)[C@H](C)Sc2nn(-c3ccccc3C)c(=S)s2)CC1. The molecule has 0 radical (unpaired) electrons. The Kier molecular flexibility index (Phi) is 6.50. The zero-order chi connectivity index (χ0) is 18.7. The second-order valence-corrected chi connectivity index (χ2v) is 9.56. The maximum atomic E-state index is 12.7. The molecule has 2 aromatic rings. The van der Waals surface area contributed by atoms with E-state index in [2.05, 4.69) is 16.9 Å². The number of thioether (sulfide) groups is 1. The number of amides is 1. The van der Waals surface area contributed by atoms with Gasteiger partial charge in [0, 0.05) is 26.2 Å². The van der Waals surface area contributed by atoms with E-state index in [-0.39, 0.29) is 11.2 Å². The van der Waals surface area contributed by atoms with E-state index in [9.17, 15) is 4.79 Å². The number of benzene rings is 1. The van der Waals surface area contributed by atoms with E-state index in [1.165, 1.54) is 23.1 Å². The van der Waals surface area contributed by atoms with Gasteiger partial charge in [-0.15, -0.1) is 5.10 Å². The van der Waals surface area contributed by atoms with Gasteiger partial charge >= 0.3 is 0 Å². The number of hydrogen-bond donors (Lipinski definition) is 0. The average Bonchev–Trinajstić information content (AvgIpc) is 3.01. The molecule has 0 unspecified atom stereocenters. The average molecular weight is 409 g/mol. The van der Waals surface area contributed by atoms with Gasteiger partial charge in [0.2, 0.25) is 5.91 Å². The van der Waals surface area contributed by atoms with Crippen molar-refractivity contribution in [2.24, 2.45) is 0 Å². The van der Waals surface area contributed by atoms with Crippen LogP contribution in [0.2, 0.25) is 0 Å². The fourth-order valence-corrected chi connectivity index (χ4v) is 5.58. The number of piperazine rings is 1. The van der Waals surface area contributed by atoms with Crippen LogP contribution in [0.15, 0.2) is 28.6 Å². The van der Waals surface area contributed by atoms with Crippen LogP contribution in [-0.4, -0.2) is 63.5 Å². The molecule has 3 rings (SSSR count). The summed E-state index contributed by atoms with van der Waals surface area (Å²) in [5.41, 5.74) is 2.12. The highest BCUT2D eigenvalue weighted by molar-refractivity contribution is 8.02. The molecule has 140 valence electrons. The predicted molar refractivity (Wildman–Crippen MR) is 111 cm³/mol. The third kappa shape index (κ3) is 4.36. The minimum absolute atomic E-state index is 0.158. The second kappa shape index (κ2) is 8.65. The van der Waals surface area contributed by atoms with Gasteiger partial charge < -0.3 is 9.80 Å². The zero-order valence-electron chi connectivity index (χ0n) is 15.3. The van der Waals surface area contributed by atoms with E-state index in [1.54, 1.807) is 4.68 Å². The largest absolute Gasteiger partial charge is 0.339 e. The lowest BCUT2D eigenvalue weighted by Crippen LogP contribution is -2.50. The molecule has 0 bridgehead atoms. The van der Waals surface area contributed by atoms with Crippen LogP contribution in [0.25, 0.3) is 5.69 Å².